The van der Waals surface area contributed by atoms with Gasteiger partial charge in [-0.15, -0.1) is 11.3 Å². The van der Waals surface area contributed by atoms with Crippen molar-refractivity contribution in [2.24, 2.45) is 0 Å². The zero-order valence-corrected chi connectivity index (χ0v) is 18.7. The van der Waals surface area contributed by atoms with Crippen LogP contribution in [0.15, 0.2) is 34.5 Å². The zero-order chi connectivity index (χ0) is 20.7. The minimum Gasteiger partial charge on any atom is -0.491 e. The predicted octanol–water partition coefficient (Wildman–Crippen LogP) is 2.63. The highest BCUT2D eigenvalue weighted by molar-refractivity contribution is 7.89. The van der Waals surface area contributed by atoms with Gasteiger partial charge in [-0.25, -0.2) is 13.4 Å². The molecule has 0 N–H and O–H groups in total. The highest BCUT2D eigenvalue weighted by Crippen LogP contribution is 2.21. The first-order chi connectivity index (χ1) is 14.0. The number of aromatic nitrogens is 1. The molecule has 0 aliphatic carbocycles. The van der Waals surface area contributed by atoms with Crippen LogP contribution in [0.4, 0.5) is 0 Å². The normalized spacial score (nSPS) is 16.2. The average molecular weight is 440 g/mol. The van der Waals surface area contributed by atoms with Crippen LogP contribution < -0.4 is 4.74 Å². The van der Waals surface area contributed by atoms with Crippen molar-refractivity contribution in [3.63, 3.8) is 0 Å². The van der Waals surface area contributed by atoms with E-state index >= 15 is 0 Å². The van der Waals surface area contributed by atoms with Crippen LogP contribution in [0.5, 0.6) is 5.75 Å². The van der Waals surface area contributed by atoms with Crippen LogP contribution in [0, 0.1) is 0 Å². The molecule has 9 heteroatoms. The van der Waals surface area contributed by atoms with E-state index in [-0.39, 0.29) is 0 Å². The lowest BCUT2D eigenvalue weighted by molar-refractivity contribution is 0.110. The van der Waals surface area contributed by atoms with Gasteiger partial charge in [-0.05, 0) is 37.6 Å². The third-order valence-electron chi connectivity index (χ3n) is 4.78. The number of sulfonamides is 1. The van der Waals surface area contributed by atoms with Crippen LogP contribution in [0.3, 0.4) is 0 Å². The van der Waals surface area contributed by atoms with E-state index in [1.807, 2.05) is 6.92 Å². The fourth-order valence-electron chi connectivity index (χ4n) is 3.16. The Bertz CT molecular complexity index is 860. The molecule has 1 aliphatic rings. The summed E-state index contributed by atoms with van der Waals surface area (Å²) < 4.78 is 38.2. The third-order valence-corrected chi connectivity index (χ3v) is 7.74. The number of piperazine rings is 1. The second kappa shape index (κ2) is 10.5. The molecule has 0 bridgehead atoms. The second-order valence-electron chi connectivity index (χ2n) is 6.78. The summed E-state index contributed by atoms with van der Waals surface area (Å²) in [6.07, 6.45) is 0.951. The average Bonchev–Trinajstić information content (AvgIpc) is 3.19. The van der Waals surface area contributed by atoms with Gasteiger partial charge < -0.3 is 9.47 Å². The first-order valence-corrected chi connectivity index (χ1v) is 12.3. The molecule has 0 saturated carbocycles. The summed E-state index contributed by atoms with van der Waals surface area (Å²) in [7, 11) is -3.49. The van der Waals surface area contributed by atoms with Crippen LogP contribution in [0.2, 0.25) is 0 Å². The molecule has 2 heterocycles. The van der Waals surface area contributed by atoms with Crippen LogP contribution in [-0.2, 0) is 27.7 Å². The van der Waals surface area contributed by atoms with Crippen LogP contribution in [0.1, 0.15) is 24.5 Å². The van der Waals surface area contributed by atoms with Gasteiger partial charge in [0.2, 0.25) is 10.0 Å². The van der Waals surface area contributed by atoms with E-state index in [9.17, 15) is 8.42 Å². The SMILES string of the molecule is CCOCCOc1ccc(S(=O)(=O)N2CCN(Cc3csc(CC)n3)CC2)cc1. The topological polar surface area (TPSA) is 72.0 Å². The molecule has 0 radical (unpaired) electrons. The molecule has 0 unspecified atom stereocenters. The Hall–Kier alpha value is -1.52. The Morgan fingerprint density at radius 3 is 2.41 bits per heavy atom. The highest BCUT2D eigenvalue weighted by Gasteiger charge is 2.28. The number of benzene rings is 1. The molecule has 160 valence electrons. The van der Waals surface area contributed by atoms with Gasteiger partial charge in [0.1, 0.15) is 12.4 Å². The summed E-state index contributed by atoms with van der Waals surface area (Å²) in [5.41, 5.74) is 1.07. The minimum absolute atomic E-state index is 0.301. The van der Waals surface area contributed by atoms with Crippen molar-refractivity contribution < 1.29 is 17.9 Å². The molecule has 0 amide bonds. The van der Waals surface area contributed by atoms with Crippen LogP contribution in [-0.4, -0.2) is 68.6 Å². The van der Waals surface area contributed by atoms with E-state index in [0.29, 0.717) is 56.6 Å². The number of nitrogens with zero attached hydrogens (tertiary/aromatic N) is 3. The number of rotatable bonds is 10. The summed E-state index contributed by atoms with van der Waals surface area (Å²) in [6, 6.07) is 6.61. The molecule has 1 aliphatic heterocycles. The lowest BCUT2D eigenvalue weighted by Gasteiger charge is -2.33. The molecule has 1 fully saturated rings. The summed E-state index contributed by atoms with van der Waals surface area (Å²) in [6.45, 7) is 8.80. The maximum atomic E-state index is 12.9. The van der Waals surface area contributed by atoms with Gasteiger partial charge in [0, 0.05) is 44.7 Å². The van der Waals surface area contributed by atoms with Crippen molar-refractivity contribution in [2.45, 2.75) is 31.7 Å². The second-order valence-corrected chi connectivity index (χ2v) is 9.66. The molecular weight excluding hydrogens is 410 g/mol. The van der Waals surface area contributed by atoms with Crippen molar-refractivity contribution in [1.82, 2.24) is 14.2 Å². The van der Waals surface area contributed by atoms with Gasteiger partial charge in [0.25, 0.3) is 0 Å². The van der Waals surface area contributed by atoms with Crippen molar-refractivity contribution in [2.75, 3.05) is 46.0 Å². The molecule has 2 aromatic rings. The summed E-state index contributed by atoms with van der Waals surface area (Å²) in [5, 5.41) is 3.24. The van der Waals surface area contributed by atoms with Gasteiger partial charge in [0.15, 0.2) is 0 Å². The Labute approximate surface area is 177 Å². The number of aryl methyl sites for hydroxylation is 1. The Morgan fingerprint density at radius 2 is 1.79 bits per heavy atom. The van der Waals surface area contributed by atoms with Crippen LogP contribution in [0.25, 0.3) is 0 Å². The lowest BCUT2D eigenvalue weighted by atomic mass is 10.3. The molecular formula is C20H29N3O4S2. The standard InChI is InChI=1S/C20H29N3O4S2/c1-3-20-21-17(16-28-20)15-22-9-11-23(12-10-22)29(24,25)19-7-5-18(6-8-19)27-14-13-26-4-2/h5-8,16H,3-4,9-15H2,1-2H3. The van der Waals surface area contributed by atoms with E-state index in [1.54, 1.807) is 39.9 Å². The van der Waals surface area contributed by atoms with Crippen molar-refractivity contribution in [1.29, 1.82) is 0 Å². The molecule has 0 atom stereocenters. The minimum atomic E-state index is -3.49. The molecule has 7 nitrogen and oxygen atoms in total. The molecule has 1 saturated heterocycles. The van der Waals surface area contributed by atoms with E-state index in [1.165, 1.54) is 0 Å². The first-order valence-electron chi connectivity index (χ1n) is 9.99. The van der Waals surface area contributed by atoms with Gasteiger partial charge in [0.05, 0.1) is 22.2 Å². The van der Waals surface area contributed by atoms with Gasteiger partial charge in [-0.1, -0.05) is 6.92 Å². The maximum absolute atomic E-state index is 12.9. The van der Waals surface area contributed by atoms with Crippen LogP contribution >= 0.6 is 11.3 Å². The monoisotopic (exact) mass is 439 g/mol. The molecule has 3 rings (SSSR count). The van der Waals surface area contributed by atoms with E-state index in [4.69, 9.17) is 9.47 Å². The number of thiazole rings is 1. The summed E-state index contributed by atoms with van der Waals surface area (Å²) in [4.78, 5) is 7.16. The maximum Gasteiger partial charge on any atom is 0.243 e. The Morgan fingerprint density at radius 1 is 1.07 bits per heavy atom. The highest BCUT2D eigenvalue weighted by atomic mass is 32.2. The lowest BCUT2D eigenvalue weighted by Crippen LogP contribution is -2.48. The molecule has 29 heavy (non-hydrogen) atoms. The van der Waals surface area contributed by atoms with Crippen molar-refractivity contribution >= 4 is 21.4 Å². The van der Waals surface area contributed by atoms with Crippen molar-refractivity contribution in [3.8, 4) is 5.75 Å². The van der Waals surface area contributed by atoms with E-state index in [2.05, 4.69) is 22.2 Å². The zero-order valence-electron chi connectivity index (χ0n) is 17.0. The fraction of sp³-hybridized carbons (Fsp3) is 0.550. The van der Waals surface area contributed by atoms with Gasteiger partial charge in [-0.3, -0.25) is 4.90 Å². The Balaban J connectivity index is 1.52. The third kappa shape index (κ3) is 5.99. The Kier molecular flexibility index (Phi) is 8.02. The van der Waals surface area contributed by atoms with E-state index < -0.39 is 10.0 Å². The number of ether oxygens (including phenoxy) is 2. The van der Waals surface area contributed by atoms with Gasteiger partial charge in [-0.2, -0.15) is 4.31 Å². The number of hydrogen-bond donors (Lipinski definition) is 0. The van der Waals surface area contributed by atoms with E-state index in [0.717, 1.165) is 23.7 Å². The summed E-state index contributed by atoms with van der Waals surface area (Å²) >= 11 is 1.69. The summed E-state index contributed by atoms with van der Waals surface area (Å²) in [5.74, 6) is 0.642. The fourth-order valence-corrected chi connectivity index (χ4v) is 5.32. The predicted molar refractivity (Wildman–Crippen MR) is 114 cm³/mol. The number of hydrogen-bond acceptors (Lipinski definition) is 7. The molecule has 0 spiro atoms. The first kappa shape index (κ1) is 22.2. The smallest absolute Gasteiger partial charge is 0.243 e. The largest absolute Gasteiger partial charge is 0.491 e. The molecule has 1 aromatic carbocycles. The van der Waals surface area contributed by atoms with Crippen molar-refractivity contribution in [3.05, 3.63) is 40.3 Å². The van der Waals surface area contributed by atoms with Gasteiger partial charge >= 0.3 is 0 Å². The molecule has 1 aromatic heterocycles. The quantitative estimate of drug-likeness (QED) is 0.530.